The highest BCUT2D eigenvalue weighted by atomic mass is 16.2. The fraction of sp³-hybridized carbons (Fsp3) is 0.276. The van der Waals surface area contributed by atoms with Crippen molar-refractivity contribution in [2.45, 2.75) is 19.8 Å². The Balaban J connectivity index is 1.26. The second-order valence-corrected chi connectivity index (χ2v) is 9.47. The van der Waals surface area contributed by atoms with E-state index in [-0.39, 0.29) is 11.7 Å². The predicted octanol–water partition coefficient (Wildman–Crippen LogP) is 3.91. The molecule has 1 aromatic heterocycles. The number of fused-ring (bicyclic) bond motifs is 1. The molecular formula is C29H32N6O. The predicted molar refractivity (Wildman–Crippen MR) is 145 cm³/mol. The summed E-state index contributed by atoms with van der Waals surface area (Å²) in [5.41, 5.74) is 12.5. The number of piperazine rings is 1. The summed E-state index contributed by atoms with van der Waals surface area (Å²) in [6, 6.07) is 22.0. The van der Waals surface area contributed by atoms with Gasteiger partial charge in [-0.3, -0.25) is 10.2 Å². The summed E-state index contributed by atoms with van der Waals surface area (Å²) in [5.74, 6) is 1.13. The first-order chi connectivity index (χ1) is 17.4. The van der Waals surface area contributed by atoms with E-state index >= 15 is 0 Å². The Morgan fingerprint density at radius 1 is 0.944 bits per heavy atom. The second-order valence-electron chi connectivity index (χ2n) is 9.47. The Morgan fingerprint density at radius 2 is 1.64 bits per heavy atom. The third-order valence-electron chi connectivity index (χ3n) is 7.15. The van der Waals surface area contributed by atoms with Crippen molar-refractivity contribution in [3.8, 4) is 0 Å². The molecule has 7 nitrogen and oxygen atoms in total. The van der Waals surface area contributed by atoms with Crippen molar-refractivity contribution in [2.75, 3.05) is 31.1 Å². The highest BCUT2D eigenvalue weighted by Crippen LogP contribution is 2.23. The van der Waals surface area contributed by atoms with Crippen LogP contribution in [0.3, 0.4) is 0 Å². The lowest BCUT2D eigenvalue weighted by Crippen LogP contribution is -2.49. The molecule has 1 amide bonds. The molecule has 1 aliphatic heterocycles. The zero-order valence-corrected chi connectivity index (χ0v) is 20.9. The molecule has 184 valence electrons. The van der Waals surface area contributed by atoms with Gasteiger partial charge in [0.25, 0.3) is 5.91 Å². The minimum absolute atomic E-state index is 0.0686. The number of imidazole rings is 1. The average molecular weight is 481 g/mol. The van der Waals surface area contributed by atoms with E-state index in [0.29, 0.717) is 18.7 Å². The van der Waals surface area contributed by atoms with Crippen LogP contribution in [-0.4, -0.2) is 52.4 Å². The van der Waals surface area contributed by atoms with Crippen LogP contribution in [0, 0.1) is 12.3 Å². The molecule has 0 atom stereocenters. The van der Waals surface area contributed by atoms with E-state index in [4.69, 9.17) is 16.1 Å². The molecular weight excluding hydrogens is 448 g/mol. The molecule has 0 aliphatic carbocycles. The lowest BCUT2D eigenvalue weighted by Gasteiger charge is -2.36. The summed E-state index contributed by atoms with van der Waals surface area (Å²) in [6.07, 6.45) is 1.63. The van der Waals surface area contributed by atoms with Crippen LogP contribution in [0.2, 0.25) is 0 Å². The van der Waals surface area contributed by atoms with E-state index in [1.807, 2.05) is 54.4 Å². The number of aromatic nitrogens is 2. The normalized spacial score (nSPS) is 13.8. The van der Waals surface area contributed by atoms with E-state index in [0.717, 1.165) is 48.4 Å². The van der Waals surface area contributed by atoms with Crippen molar-refractivity contribution in [1.82, 2.24) is 14.5 Å². The quantitative estimate of drug-likeness (QED) is 0.323. The van der Waals surface area contributed by atoms with Crippen molar-refractivity contribution >= 4 is 28.5 Å². The molecule has 0 spiro atoms. The third kappa shape index (κ3) is 4.69. The van der Waals surface area contributed by atoms with Gasteiger partial charge in [0.2, 0.25) is 0 Å². The number of nitrogens with one attached hydrogen (secondary N) is 1. The Morgan fingerprint density at radius 3 is 2.33 bits per heavy atom. The fourth-order valence-corrected chi connectivity index (χ4v) is 4.96. The summed E-state index contributed by atoms with van der Waals surface area (Å²) in [5, 5.41) is 7.53. The van der Waals surface area contributed by atoms with Crippen LogP contribution in [0.5, 0.6) is 0 Å². The van der Waals surface area contributed by atoms with Crippen LogP contribution >= 0.6 is 0 Å². The maximum absolute atomic E-state index is 13.3. The van der Waals surface area contributed by atoms with Crippen LogP contribution < -0.4 is 10.6 Å². The molecule has 4 aromatic rings. The smallest absolute Gasteiger partial charge is 0.254 e. The number of anilines is 1. The van der Waals surface area contributed by atoms with Crippen LogP contribution in [0.1, 0.15) is 32.9 Å². The van der Waals surface area contributed by atoms with Crippen LogP contribution in [0.25, 0.3) is 11.0 Å². The molecule has 2 heterocycles. The minimum Gasteiger partial charge on any atom is -0.384 e. The molecule has 0 unspecified atom stereocenters. The molecule has 3 N–H and O–H groups in total. The van der Waals surface area contributed by atoms with Gasteiger partial charge in [-0.1, -0.05) is 42.5 Å². The number of carbonyl (C=O) groups excluding carboxylic acids is 1. The first kappa shape index (κ1) is 23.6. The standard InChI is InChI=1S/C29H32N6O/c1-20-5-3-4-6-25(20)34-15-17-35(18-16-34)29(36)23-12-13-26-24(19-23)32-27(33(26)2)14-9-21-7-10-22(11-8-21)28(30)31/h3-8,10-13,19H,9,14-18H2,1-2H3,(H3,30,31). The molecule has 7 heteroatoms. The number of amidine groups is 1. The largest absolute Gasteiger partial charge is 0.384 e. The molecule has 3 aromatic carbocycles. The van der Waals surface area contributed by atoms with Gasteiger partial charge in [-0.2, -0.15) is 0 Å². The van der Waals surface area contributed by atoms with Crippen LogP contribution in [0.15, 0.2) is 66.7 Å². The Labute approximate surface area is 211 Å². The molecule has 0 bridgehead atoms. The van der Waals surface area contributed by atoms with Gasteiger partial charge in [-0.05, 0) is 48.7 Å². The van der Waals surface area contributed by atoms with E-state index in [1.54, 1.807) is 0 Å². The summed E-state index contributed by atoms with van der Waals surface area (Å²) < 4.78 is 2.11. The van der Waals surface area contributed by atoms with Crippen molar-refractivity contribution in [3.63, 3.8) is 0 Å². The van der Waals surface area contributed by atoms with Crippen molar-refractivity contribution < 1.29 is 4.79 Å². The number of rotatable bonds is 6. The molecule has 0 saturated carbocycles. The number of para-hydroxylation sites is 1. The highest BCUT2D eigenvalue weighted by Gasteiger charge is 2.23. The summed E-state index contributed by atoms with van der Waals surface area (Å²) >= 11 is 0. The second kappa shape index (κ2) is 9.85. The summed E-state index contributed by atoms with van der Waals surface area (Å²) in [7, 11) is 2.02. The first-order valence-electron chi connectivity index (χ1n) is 12.4. The molecule has 0 radical (unpaired) electrons. The molecule has 1 fully saturated rings. The van der Waals surface area contributed by atoms with Gasteiger partial charge in [0.15, 0.2) is 0 Å². The first-order valence-corrected chi connectivity index (χ1v) is 12.4. The molecule has 36 heavy (non-hydrogen) atoms. The number of nitrogens with two attached hydrogens (primary N) is 1. The number of carbonyl (C=O) groups is 1. The Bertz CT molecular complexity index is 1410. The van der Waals surface area contributed by atoms with Gasteiger partial charge in [-0.15, -0.1) is 0 Å². The van der Waals surface area contributed by atoms with Crippen LogP contribution in [-0.2, 0) is 19.9 Å². The van der Waals surface area contributed by atoms with Gasteiger partial charge in [0.1, 0.15) is 11.7 Å². The SMILES string of the molecule is Cc1ccccc1N1CCN(C(=O)c2ccc3c(c2)nc(CCc2ccc(C(=N)N)cc2)n3C)CC1. The third-order valence-corrected chi connectivity index (χ3v) is 7.15. The summed E-state index contributed by atoms with van der Waals surface area (Å²) in [4.78, 5) is 22.4. The van der Waals surface area contributed by atoms with Crippen molar-refractivity contribution in [2.24, 2.45) is 12.8 Å². The van der Waals surface area contributed by atoms with E-state index in [9.17, 15) is 4.79 Å². The zero-order valence-electron chi connectivity index (χ0n) is 20.9. The van der Waals surface area contributed by atoms with Crippen molar-refractivity contribution in [1.29, 1.82) is 5.41 Å². The van der Waals surface area contributed by atoms with Gasteiger partial charge < -0.3 is 20.1 Å². The Hall–Kier alpha value is -4.13. The van der Waals surface area contributed by atoms with Gasteiger partial charge in [0.05, 0.1) is 11.0 Å². The zero-order chi connectivity index (χ0) is 25.2. The van der Waals surface area contributed by atoms with E-state index in [1.165, 1.54) is 16.8 Å². The number of hydrogen-bond acceptors (Lipinski definition) is 4. The van der Waals surface area contributed by atoms with Gasteiger partial charge >= 0.3 is 0 Å². The monoisotopic (exact) mass is 480 g/mol. The molecule has 1 saturated heterocycles. The van der Waals surface area contributed by atoms with Gasteiger partial charge in [0, 0.05) is 56.5 Å². The number of nitrogen functional groups attached to an aromatic ring is 1. The number of aryl methyl sites for hydroxylation is 4. The topological polar surface area (TPSA) is 91.2 Å². The highest BCUT2D eigenvalue weighted by molar-refractivity contribution is 5.97. The number of nitrogens with zero attached hydrogens (tertiary/aromatic N) is 4. The lowest BCUT2D eigenvalue weighted by atomic mass is 10.1. The van der Waals surface area contributed by atoms with Crippen molar-refractivity contribution in [3.05, 3.63) is 94.8 Å². The average Bonchev–Trinajstić information content (AvgIpc) is 3.22. The number of benzene rings is 3. The lowest BCUT2D eigenvalue weighted by molar-refractivity contribution is 0.0747. The number of amides is 1. The maximum Gasteiger partial charge on any atom is 0.254 e. The van der Waals surface area contributed by atoms with Gasteiger partial charge in [-0.25, -0.2) is 4.98 Å². The van der Waals surface area contributed by atoms with E-state index in [2.05, 4.69) is 40.7 Å². The van der Waals surface area contributed by atoms with Crippen LogP contribution in [0.4, 0.5) is 5.69 Å². The Kier molecular flexibility index (Phi) is 6.46. The fourth-order valence-electron chi connectivity index (χ4n) is 4.96. The maximum atomic E-state index is 13.3. The number of hydrogen-bond donors (Lipinski definition) is 2. The minimum atomic E-state index is 0.0686. The summed E-state index contributed by atoms with van der Waals surface area (Å²) in [6.45, 7) is 5.22. The molecule has 5 rings (SSSR count). The molecule has 1 aliphatic rings. The van der Waals surface area contributed by atoms with E-state index < -0.39 is 0 Å².